The first-order valence-corrected chi connectivity index (χ1v) is 7.57. The van der Waals surface area contributed by atoms with Gasteiger partial charge in [-0.05, 0) is 29.3 Å². The fourth-order valence-corrected chi connectivity index (χ4v) is 1.73. The lowest BCUT2D eigenvalue weighted by atomic mass is 10.1. The van der Waals surface area contributed by atoms with Crippen molar-refractivity contribution in [1.29, 1.82) is 0 Å². The monoisotopic (exact) mass is 371 g/mol. The van der Waals surface area contributed by atoms with Crippen LogP contribution in [0.4, 0.5) is 0 Å². The molecule has 0 radical (unpaired) electrons. The summed E-state index contributed by atoms with van der Waals surface area (Å²) < 4.78 is 0. The van der Waals surface area contributed by atoms with Crippen molar-refractivity contribution < 1.29 is 29.4 Å². The van der Waals surface area contributed by atoms with Gasteiger partial charge in [-0.1, -0.05) is 12.1 Å². The largest absolute Gasteiger partial charge is 0.477 e. The zero-order valence-electron chi connectivity index (χ0n) is 14.3. The highest BCUT2D eigenvalue weighted by Crippen LogP contribution is 2.03. The van der Waals surface area contributed by atoms with Gasteiger partial charge in [0, 0.05) is 38.1 Å². The van der Waals surface area contributed by atoms with Gasteiger partial charge in [0.15, 0.2) is 0 Å². The van der Waals surface area contributed by atoms with E-state index in [0.717, 1.165) is 0 Å². The lowest BCUT2D eigenvalue weighted by molar-refractivity contribution is -0.148. The molecule has 9 nitrogen and oxygen atoms in total. The molecule has 2 heterocycles. The van der Waals surface area contributed by atoms with E-state index in [1.807, 2.05) is 0 Å². The number of carbonyl (C=O) groups is 4. The number of carboxylic acids is 2. The SMILES string of the molecule is CC(=O)N/C(=C\c1cccnc1)C(=O)O.O=C(O)C(=O)Cc1cccnc1. The van der Waals surface area contributed by atoms with Crippen LogP contribution in [0.15, 0.2) is 54.7 Å². The first-order valence-electron chi connectivity index (χ1n) is 7.57. The second kappa shape index (κ2) is 10.9. The first kappa shape index (κ1) is 21.2. The Hall–Kier alpha value is -3.88. The predicted octanol–water partition coefficient (Wildman–Crippen LogP) is 0.921. The van der Waals surface area contributed by atoms with Gasteiger partial charge in [-0.15, -0.1) is 0 Å². The average molecular weight is 371 g/mol. The minimum absolute atomic E-state index is 0.0941. The topological polar surface area (TPSA) is 147 Å². The molecule has 0 saturated carbocycles. The molecule has 0 aliphatic rings. The summed E-state index contributed by atoms with van der Waals surface area (Å²) >= 11 is 0. The maximum absolute atomic E-state index is 10.7. The van der Waals surface area contributed by atoms with Crippen LogP contribution in [0.2, 0.25) is 0 Å². The molecule has 3 N–H and O–H groups in total. The first-order chi connectivity index (χ1) is 12.8. The number of nitrogens with zero attached hydrogens (tertiary/aromatic N) is 2. The number of carboxylic acid groups (broad SMARTS) is 2. The number of hydrogen-bond acceptors (Lipinski definition) is 6. The van der Waals surface area contributed by atoms with Crippen LogP contribution in [-0.2, 0) is 25.6 Å². The second-order valence-corrected chi connectivity index (χ2v) is 5.10. The van der Waals surface area contributed by atoms with E-state index < -0.39 is 23.6 Å². The minimum atomic E-state index is -1.40. The molecule has 1 amide bonds. The molecule has 0 aliphatic heterocycles. The van der Waals surface area contributed by atoms with Crippen molar-refractivity contribution in [1.82, 2.24) is 15.3 Å². The highest BCUT2D eigenvalue weighted by Gasteiger charge is 2.11. The van der Waals surface area contributed by atoms with Gasteiger partial charge in [0.1, 0.15) is 5.70 Å². The van der Waals surface area contributed by atoms with Crippen LogP contribution >= 0.6 is 0 Å². The van der Waals surface area contributed by atoms with Crippen LogP contribution in [0, 0.1) is 0 Å². The lowest BCUT2D eigenvalue weighted by Crippen LogP contribution is -2.24. The maximum Gasteiger partial charge on any atom is 0.372 e. The van der Waals surface area contributed by atoms with Gasteiger partial charge < -0.3 is 15.5 Å². The fraction of sp³-hybridized carbons (Fsp3) is 0.111. The van der Waals surface area contributed by atoms with Gasteiger partial charge in [0.2, 0.25) is 11.7 Å². The summed E-state index contributed by atoms with van der Waals surface area (Å²) in [6.45, 7) is 1.25. The van der Waals surface area contributed by atoms with E-state index in [0.29, 0.717) is 11.1 Å². The smallest absolute Gasteiger partial charge is 0.372 e. The highest BCUT2D eigenvalue weighted by atomic mass is 16.4. The number of amides is 1. The van der Waals surface area contributed by atoms with Crippen molar-refractivity contribution in [3.63, 3.8) is 0 Å². The molecule has 0 atom stereocenters. The number of hydrogen-bond donors (Lipinski definition) is 3. The van der Waals surface area contributed by atoms with Crippen LogP contribution in [0.5, 0.6) is 0 Å². The summed E-state index contributed by atoms with van der Waals surface area (Å²) in [4.78, 5) is 49.9. The van der Waals surface area contributed by atoms with Gasteiger partial charge in [0.25, 0.3) is 0 Å². The Bertz CT molecular complexity index is 835. The number of carbonyl (C=O) groups excluding carboxylic acids is 2. The Morgan fingerprint density at radius 2 is 1.63 bits per heavy atom. The third-order valence-electron chi connectivity index (χ3n) is 2.86. The van der Waals surface area contributed by atoms with Crippen LogP contribution in [-0.4, -0.2) is 43.8 Å². The van der Waals surface area contributed by atoms with Crippen molar-refractivity contribution in [3.8, 4) is 0 Å². The molecule has 2 aromatic heterocycles. The average Bonchev–Trinajstić information content (AvgIpc) is 2.63. The summed E-state index contributed by atoms with van der Waals surface area (Å²) in [5.41, 5.74) is 1.06. The summed E-state index contributed by atoms with van der Waals surface area (Å²) in [7, 11) is 0. The van der Waals surface area contributed by atoms with E-state index in [1.165, 1.54) is 25.4 Å². The Labute approximate surface area is 154 Å². The number of rotatable bonds is 6. The molecule has 0 fully saturated rings. The quantitative estimate of drug-likeness (QED) is 0.502. The third kappa shape index (κ3) is 8.68. The molecule has 0 saturated heterocycles. The summed E-state index contributed by atoms with van der Waals surface area (Å²) in [6, 6.07) is 6.69. The van der Waals surface area contributed by atoms with Crippen LogP contribution in [0.3, 0.4) is 0 Å². The van der Waals surface area contributed by atoms with Crippen molar-refractivity contribution in [2.24, 2.45) is 0 Å². The van der Waals surface area contributed by atoms with Crippen molar-refractivity contribution in [3.05, 3.63) is 65.9 Å². The molecular formula is C18H17N3O6. The zero-order valence-corrected chi connectivity index (χ0v) is 14.3. The summed E-state index contributed by atoms with van der Waals surface area (Å²) in [5, 5.41) is 19.3. The molecule has 9 heteroatoms. The summed E-state index contributed by atoms with van der Waals surface area (Å²) in [6.07, 6.45) is 7.37. The third-order valence-corrected chi connectivity index (χ3v) is 2.86. The van der Waals surface area contributed by atoms with Crippen molar-refractivity contribution in [2.45, 2.75) is 13.3 Å². The van der Waals surface area contributed by atoms with Gasteiger partial charge in [0.05, 0.1) is 0 Å². The van der Waals surface area contributed by atoms with Crippen molar-refractivity contribution in [2.75, 3.05) is 0 Å². The molecular weight excluding hydrogens is 354 g/mol. The molecule has 0 spiro atoms. The molecule has 27 heavy (non-hydrogen) atoms. The minimum Gasteiger partial charge on any atom is -0.477 e. The normalized spacial score (nSPS) is 10.2. The zero-order chi connectivity index (χ0) is 20.2. The lowest BCUT2D eigenvalue weighted by Gasteiger charge is -2.02. The van der Waals surface area contributed by atoms with Crippen molar-refractivity contribution >= 4 is 29.7 Å². The molecule has 0 unspecified atom stereocenters. The molecule has 0 aromatic carbocycles. The van der Waals surface area contributed by atoms with Gasteiger partial charge in [-0.3, -0.25) is 19.6 Å². The molecule has 2 aromatic rings. The Balaban J connectivity index is 0.000000277. The maximum atomic E-state index is 10.7. The van der Waals surface area contributed by atoms with E-state index in [4.69, 9.17) is 10.2 Å². The van der Waals surface area contributed by atoms with E-state index in [9.17, 15) is 19.2 Å². The number of pyridine rings is 2. The molecule has 0 bridgehead atoms. The van der Waals surface area contributed by atoms with Crippen LogP contribution < -0.4 is 5.32 Å². The second-order valence-electron chi connectivity index (χ2n) is 5.10. The molecule has 140 valence electrons. The molecule has 0 aliphatic carbocycles. The Kier molecular flexibility index (Phi) is 8.52. The van der Waals surface area contributed by atoms with Crippen LogP contribution in [0.25, 0.3) is 6.08 Å². The van der Waals surface area contributed by atoms with E-state index in [2.05, 4.69) is 15.3 Å². The summed E-state index contributed by atoms with van der Waals surface area (Å²) in [5.74, 6) is -3.83. The van der Waals surface area contributed by atoms with Crippen LogP contribution in [0.1, 0.15) is 18.1 Å². The number of aromatic nitrogens is 2. The highest BCUT2D eigenvalue weighted by molar-refractivity contribution is 6.33. The van der Waals surface area contributed by atoms with E-state index in [-0.39, 0.29) is 12.1 Å². The predicted molar refractivity (Wildman–Crippen MR) is 94.3 cm³/mol. The number of aliphatic carboxylic acids is 2. The fourth-order valence-electron chi connectivity index (χ4n) is 1.73. The van der Waals surface area contributed by atoms with Gasteiger partial charge in [-0.25, -0.2) is 9.59 Å². The van der Waals surface area contributed by atoms with Gasteiger partial charge in [-0.2, -0.15) is 0 Å². The Morgan fingerprint density at radius 3 is 2.07 bits per heavy atom. The molecule has 2 rings (SSSR count). The number of Topliss-reactive ketones (excluding diaryl/α,β-unsaturated/α-hetero) is 1. The Morgan fingerprint density at radius 1 is 1.00 bits per heavy atom. The van der Waals surface area contributed by atoms with Gasteiger partial charge >= 0.3 is 11.9 Å². The standard InChI is InChI=1S/C10H10N2O3.C8H7NO3/c1-7(13)12-9(10(14)15)5-8-3-2-4-11-6-8;10-7(8(11)12)4-6-2-1-3-9-5-6/h2-6H,1H3,(H,12,13)(H,14,15);1-3,5H,4H2,(H,11,12)/b9-5-;. The van der Waals surface area contributed by atoms with E-state index in [1.54, 1.807) is 36.7 Å². The number of nitrogens with one attached hydrogen (secondary N) is 1. The van der Waals surface area contributed by atoms with E-state index >= 15 is 0 Å². The number of ketones is 1.